The molecule has 104 valence electrons. The Labute approximate surface area is 118 Å². The molecular weight excluding hydrogens is 288 g/mol. The summed E-state index contributed by atoms with van der Waals surface area (Å²) in [6, 6.07) is 4.74. The fourth-order valence-corrected chi connectivity index (χ4v) is 3.29. The van der Waals surface area contributed by atoms with Crippen LogP contribution in [-0.4, -0.2) is 36.8 Å². The molecule has 2 N–H and O–H groups in total. The predicted molar refractivity (Wildman–Crippen MR) is 72.2 cm³/mol. The molecule has 2 rings (SSSR count). The van der Waals surface area contributed by atoms with Gasteiger partial charge in [-0.3, -0.25) is 0 Å². The fraction of sp³-hybridized carbons (Fsp3) is 0.455. The van der Waals surface area contributed by atoms with Gasteiger partial charge in [0.05, 0.1) is 11.6 Å². The molecule has 0 aromatic carbocycles. The predicted octanol–water partition coefficient (Wildman–Crippen LogP) is 0.487. The molecule has 1 aromatic rings. The lowest BCUT2D eigenvalue weighted by molar-refractivity contribution is 0.319. The molecule has 0 aliphatic carbocycles. The van der Waals surface area contributed by atoms with E-state index in [1.54, 1.807) is 0 Å². The lowest BCUT2D eigenvalue weighted by Crippen LogP contribution is -2.43. The Bertz CT molecular complexity index is 577. The minimum Gasteiger partial charge on any atom is -0.328 e. The van der Waals surface area contributed by atoms with Crippen LogP contribution >= 0.6 is 12.4 Å². The number of nitrogens with zero attached hydrogens (tertiary/aromatic N) is 3. The highest BCUT2D eigenvalue weighted by Gasteiger charge is 2.29. The van der Waals surface area contributed by atoms with Crippen molar-refractivity contribution in [2.75, 3.05) is 13.1 Å². The Morgan fingerprint density at radius 1 is 1.42 bits per heavy atom. The third kappa shape index (κ3) is 3.42. The van der Waals surface area contributed by atoms with E-state index in [9.17, 15) is 8.42 Å². The van der Waals surface area contributed by atoms with Gasteiger partial charge in [0, 0.05) is 25.3 Å². The summed E-state index contributed by atoms with van der Waals surface area (Å²) in [5, 5.41) is 8.70. The minimum atomic E-state index is -3.60. The Kier molecular flexibility index (Phi) is 5.26. The van der Waals surface area contributed by atoms with Gasteiger partial charge in [-0.2, -0.15) is 9.57 Å². The van der Waals surface area contributed by atoms with Gasteiger partial charge >= 0.3 is 0 Å². The number of nitrogens with two attached hydrogens (primary N) is 1. The SMILES string of the molecule is Cl.N#Cc1ccnc(S(=O)(=O)N2CCC(N)CC2)c1. The zero-order valence-electron chi connectivity index (χ0n) is 10.2. The standard InChI is InChI=1S/C11H14N4O2S.ClH/c12-8-9-1-4-14-11(7-9)18(16,17)15-5-2-10(13)3-6-15;/h1,4,7,10H,2-3,5-6,13H2;1H. The summed E-state index contributed by atoms with van der Waals surface area (Å²) in [5.41, 5.74) is 6.03. The highest BCUT2D eigenvalue weighted by molar-refractivity contribution is 7.89. The van der Waals surface area contributed by atoms with Gasteiger partial charge in [0.2, 0.25) is 0 Å². The second kappa shape index (κ2) is 6.30. The summed E-state index contributed by atoms with van der Waals surface area (Å²) >= 11 is 0. The molecule has 1 saturated heterocycles. The van der Waals surface area contributed by atoms with Gasteiger partial charge in [0.1, 0.15) is 0 Å². The number of halogens is 1. The van der Waals surface area contributed by atoms with E-state index >= 15 is 0 Å². The van der Waals surface area contributed by atoms with Gasteiger partial charge in [-0.1, -0.05) is 0 Å². The van der Waals surface area contributed by atoms with Crippen molar-refractivity contribution in [2.45, 2.75) is 23.9 Å². The summed E-state index contributed by atoms with van der Waals surface area (Å²) < 4.78 is 25.9. The highest BCUT2D eigenvalue weighted by atomic mass is 35.5. The molecule has 19 heavy (non-hydrogen) atoms. The van der Waals surface area contributed by atoms with Crippen LogP contribution in [0.15, 0.2) is 23.4 Å². The Morgan fingerprint density at radius 2 is 2.05 bits per heavy atom. The largest absolute Gasteiger partial charge is 0.328 e. The van der Waals surface area contributed by atoms with E-state index < -0.39 is 10.0 Å². The molecule has 1 fully saturated rings. The second-order valence-electron chi connectivity index (χ2n) is 4.24. The molecule has 0 atom stereocenters. The molecule has 0 spiro atoms. The summed E-state index contributed by atoms with van der Waals surface area (Å²) in [5.74, 6) is 0. The van der Waals surface area contributed by atoms with Crippen LogP contribution in [0.1, 0.15) is 18.4 Å². The van der Waals surface area contributed by atoms with Crippen molar-refractivity contribution < 1.29 is 8.42 Å². The summed E-state index contributed by atoms with van der Waals surface area (Å²) in [7, 11) is -3.60. The number of aromatic nitrogens is 1. The lowest BCUT2D eigenvalue weighted by atomic mass is 10.1. The molecule has 1 aliphatic rings. The van der Waals surface area contributed by atoms with Crippen molar-refractivity contribution in [3.05, 3.63) is 23.9 Å². The first kappa shape index (κ1) is 15.9. The van der Waals surface area contributed by atoms with E-state index in [1.165, 1.54) is 22.6 Å². The van der Waals surface area contributed by atoms with Crippen molar-refractivity contribution in [3.63, 3.8) is 0 Å². The maximum atomic E-state index is 12.3. The number of sulfonamides is 1. The summed E-state index contributed by atoms with van der Waals surface area (Å²) in [4.78, 5) is 3.84. The first-order chi connectivity index (χ1) is 8.54. The fourth-order valence-electron chi connectivity index (χ4n) is 1.87. The lowest BCUT2D eigenvalue weighted by Gasteiger charge is -2.28. The van der Waals surface area contributed by atoms with E-state index in [1.807, 2.05) is 6.07 Å². The third-order valence-electron chi connectivity index (χ3n) is 2.97. The van der Waals surface area contributed by atoms with E-state index in [0.29, 0.717) is 25.9 Å². The molecule has 0 unspecified atom stereocenters. The van der Waals surface area contributed by atoms with Crippen LogP contribution in [0.25, 0.3) is 0 Å². The van der Waals surface area contributed by atoms with Crippen LogP contribution in [0.4, 0.5) is 0 Å². The van der Waals surface area contributed by atoms with E-state index in [2.05, 4.69) is 4.98 Å². The maximum absolute atomic E-state index is 12.3. The van der Waals surface area contributed by atoms with Gasteiger partial charge in [-0.25, -0.2) is 13.4 Å². The smallest absolute Gasteiger partial charge is 0.260 e. The molecule has 0 saturated carbocycles. The molecule has 2 heterocycles. The zero-order chi connectivity index (χ0) is 13.2. The summed E-state index contributed by atoms with van der Waals surface area (Å²) in [6.07, 6.45) is 2.63. The highest BCUT2D eigenvalue weighted by Crippen LogP contribution is 2.19. The van der Waals surface area contributed by atoms with Gasteiger partial charge in [0.25, 0.3) is 10.0 Å². The van der Waals surface area contributed by atoms with Gasteiger partial charge < -0.3 is 5.73 Å². The van der Waals surface area contributed by atoms with E-state index in [0.717, 1.165) is 0 Å². The number of rotatable bonds is 2. The minimum absolute atomic E-state index is 0. The molecular formula is C11H15ClN4O2S. The average Bonchev–Trinajstić information content (AvgIpc) is 2.39. The Morgan fingerprint density at radius 3 is 2.63 bits per heavy atom. The van der Waals surface area contributed by atoms with Gasteiger partial charge in [0.15, 0.2) is 5.03 Å². The maximum Gasteiger partial charge on any atom is 0.260 e. The normalized spacial score (nSPS) is 17.5. The van der Waals surface area contributed by atoms with Crippen LogP contribution in [0.5, 0.6) is 0 Å². The number of nitriles is 1. The zero-order valence-corrected chi connectivity index (χ0v) is 11.8. The van der Waals surface area contributed by atoms with Gasteiger partial charge in [-0.15, -0.1) is 12.4 Å². The Hall–Kier alpha value is -1.20. The van der Waals surface area contributed by atoms with Crippen LogP contribution < -0.4 is 5.73 Å². The molecule has 6 nitrogen and oxygen atoms in total. The van der Waals surface area contributed by atoms with E-state index in [4.69, 9.17) is 11.0 Å². The van der Waals surface area contributed by atoms with Crippen molar-refractivity contribution in [3.8, 4) is 6.07 Å². The number of hydrogen-bond donors (Lipinski definition) is 1. The van der Waals surface area contributed by atoms with E-state index in [-0.39, 0.29) is 29.0 Å². The first-order valence-electron chi connectivity index (χ1n) is 5.66. The van der Waals surface area contributed by atoms with Gasteiger partial charge in [-0.05, 0) is 25.0 Å². The van der Waals surface area contributed by atoms with Crippen molar-refractivity contribution in [2.24, 2.45) is 5.73 Å². The van der Waals surface area contributed by atoms with Crippen LogP contribution in [0.3, 0.4) is 0 Å². The van der Waals surface area contributed by atoms with Crippen molar-refractivity contribution in [1.82, 2.24) is 9.29 Å². The third-order valence-corrected chi connectivity index (χ3v) is 4.76. The number of pyridine rings is 1. The first-order valence-corrected chi connectivity index (χ1v) is 7.10. The van der Waals surface area contributed by atoms with Crippen molar-refractivity contribution in [1.29, 1.82) is 5.26 Å². The monoisotopic (exact) mass is 302 g/mol. The second-order valence-corrected chi connectivity index (χ2v) is 6.12. The molecule has 0 bridgehead atoms. The van der Waals surface area contributed by atoms with Crippen LogP contribution in [0.2, 0.25) is 0 Å². The molecule has 1 aliphatic heterocycles. The number of piperidine rings is 1. The number of hydrogen-bond acceptors (Lipinski definition) is 5. The molecule has 0 radical (unpaired) electrons. The van der Waals surface area contributed by atoms with Crippen LogP contribution in [0, 0.1) is 11.3 Å². The topological polar surface area (TPSA) is 100 Å². The Balaban J connectivity index is 0.00000180. The summed E-state index contributed by atoms with van der Waals surface area (Å²) in [6.45, 7) is 0.809. The molecule has 8 heteroatoms. The average molecular weight is 303 g/mol. The molecule has 1 aromatic heterocycles. The quantitative estimate of drug-likeness (QED) is 0.857. The molecule has 0 amide bonds. The van der Waals surface area contributed by atoms with Crippen molar-refractivity contribution >= 4 is 22.4 Å². The van der Waals surface area contributed by atoms with Crippen LogP contribution in [-0.2, 0) is 10.0 Å².